The van der Waals surface area contributed by atoms with Crippen LogP contribution in [0.2, 0.25) is 5.02 Å². The highest BCUT2D eigenvalue weighted by Gasteiger charge is 2.60. The number of amides is 2. The number of ether oxygens (including phenoxy) is 1. The predicted octanol–water partition coefficient (Wildman–Crippen LogP) is 6.30. The minimum Gasteiger partial charge on any atom is -0.383 e. The summed E-state index contributed by atoms with van der Waals surface area (Å²) in [5, 5.41) is 6.54. The van der Waals surface area contributed by atoms with Gasteiger partial charge in [0.25, 0.3) is 0 Å². The van der Waals surface area contributed by atoms with Gasteiger partial charge in [0.15, 0.2) is 0 Å². The van der Waals surface area contributed by atoms with Gasteiger partial charge in [-0.15, -0.1) is 0 Å². The minimum absolute atomic E-state index is 0.120. The average molecular weight is 611 g/mol. The third-order valence-electron chi connectivity index (χ3n) is 10.1. The number of carbonyl (C=O) groups is 2. The zero-order valence-electron chi connectivity index (χ0n) is 26.0. The largest absolute Gasteiger partial charge is 0.383 e. The van der Waals surface area contributed by atoms with Gasteiger partial charge in [0.05, 0.1) is 23.1 Å². The first-order valence-corrected chi connectivity index (χ1v) is 15.8. The summed E-state index contributed by atoms with van der Waals surface area (Å²) in [5.74, 6) is 1.16. The lowest BCUT2D eigenvalue weighted by atomic mass is 9.64. The molecule has 43 heavy (non-hydrogen) atoms. The molecular formula is C34H44ClFN4O3. The second kappa shape index (κ2) is 12.2. The molecule has 1 aromatic heterocycles. The summed E-state index contributed by atoms with van der Waals surface area (Å²) >= 11 is 6.43. The van der Waals surface area contributed by atoms with Crippen LogP contribution in [0.25, 0.3) is 11.0 Å². The van der Waals surface area contributed by atoms with E-state index in [1.54, 1.807) is 19.2 Å². The Morgan fingerprint density at radius 1 is 1.23 bits per heavy atom. The lowest BCUT2D eigenvalue weighted by Gasteiger charge is -2.45. The van der Waals surface area contributed by atoms with Crippen molar-refractivity contribution in [1.29, 1.82) is 0 Å². The van der Waals surface area contributed by atoms with Crippen molar-refractivity contribution in [2.45, 2.75) is 77.7 Å². The van der Waals surface area contributed by atoms with Crippen molar-refractivity contribution in [3.8, 4) is 0 Å². The summed E-state index contributed by atoms with van der Waals surface area (Å²) in [6, 6.07) is 9.92. The third kappa shape index (κ3) is 5.80. The zero-order valence-corrected chi connectivity index (χ0v) is 26.8. The second-order valence-corrected chi connectivity index (χ2v) is 13.8. The maximum absolute atomic E-state index is 14.8. The fourth-order valence-electron chi connectivity index (χ4n) is 7.59. The molecule has 3 unspecified atom stereocenters. The second-order valence-electron chi connectivity index (χ2n) is 13.4. The molecule has 3 fully saturated rings. The Morgan fingerprint density at radius 2 is 1.98 bits per heavy atom. The fourth-order valence-corrected chi connectivity index (χ4v) is 7.89. The molecule has 3 aromatic rings. The van der Waals surface area contributed by atoms with Crippen molar-refractivity contribution >= 4 is 34.4 Å². The van der Waals surface area contributed by atoms with Crippen molar-refractivity contribution in [1.82, 2.24) is 20.6 Å². The molecule has 3 aliphatic rings. The van der Waals surface area contributed by atoms with Crippen molar-refractivity contribution in [3.63, 3.8) is 0 Å². The summed E-state index contributed by atoms with van der Waals surface area (Å²) in [6.45, 7) is 10.7. The van der Waals surface area contributed by atoms with Crippen LogP contribution in [0.4, 0.5) is 4.39 Å². The zero-order chi connectivity index (χ0) is 31.1. The van der Waals surface area contributed by atoms with Crippen LogP contribution in [-0.2, 0) is 26.2 Å². The lowest BCUT2D eigenvalue weighted by Crippen LogP contribution is -2.61. The number of H-pyrrole nitrogens is 1. The van der Waals surface area contributed by atoms with Crippen LogP contribution in [0.5, 0.6) is 0 Å². The Morgan fingerprint density at radius 3 is 2.58 bits per heavy atom. The van der Waals surface area contributed by atoms with Crippen molar-refractivity contribution in [3.05, 3.63) is 64.2 Å². The average Bonchev–Trinajstić information content (AvgIpc) is 3.59. The van der Waals surface area contributed by atoms with Gasteiger partial charge in [-0.2, -0.15) is 0 Å². The molecule has 7 nitrogen and oxygen atoms in total. The first kappa shape index (κ1) is 31.5. The highest BCUT2D eigenvalue weighted by molar-refractivity contribution is 6.31. The van der Waals surface area contributed by atoms with Crippen molar-refractivity contribution in [2.24, 2.45) is 23.2 Å². The maximum atomic E-state index is 14.8. The normalized spacial score (nSPS) is 23.9. The summed E-state index contributed by atoms with van der Waals surface area (Å²) in [5.41, 5.74) is 1.52. The quantitative estimate of drug-likeness (QED) is 0.224. The molecule has 3 N–H and O–H groups in total. The van der Waals surface area contributed by atoms with Gasteiger partial charge in [0, 0.05) is 36.1 Å². The smallest absolute Gasteiger partial charge is 0.243 e. The topological polar surface area (TPSA) is 96.1 Å². The number of nitrogens with one attached hydrogen (secondary N) is 3. The molecule has 2 aromatic carbocycles. The van der Waals surface area contributed by atoms with E-state index < -0.39 is 11.5 Å². The molecule has 1 heterocycles. The third-order valence-corrected chi connectivity index (χ3v) is 10.4. The Bertz CT molecular complexity index is 1480. The van der Waals surface area contributed by atoms with E-state index >= 15 is 0 Å². The Labute approximate surface area is 258 Å². The highest BCUT2D eigenvalue weighted by atomic mass is 35.5. The van der Waals surface area contributed by atoms with Gasteiger partial charge in [-0.25, -0.2) is 9.37 Å². The molecule has 6 rings (SSSR count). The summed E-state index contributed by atoms with van der Waals surface area (Å²) in [4.78, 5) is 35.6. The molecule has 0 aliphatic heterocycles. The van der Waals surface area contributed by atoms with E-state index in [1.165, 1.54) is 6.07 Å². The Balaban J connectivity index is 1.43. The van der Waals surface area contributed by atoms with Gasteiger partial charge in [-0.05, 0) is 86.6 Å². The monoisotopic (exact) mass is 610 g/mol. The molecule has 9 heteroatoms. The predicted molar refractivity (Wildman–Crippen MR) is 168 cm³/mol. The number of hydrogen-bond donors (Lipinski definition) is 3. The number of benzene rings is 2. The van der Waals surface area contributed by atoms with E-state index in [-0.39, 0.29) is 41.5 Å². The number of aromatic nitrogens is 2. The van der Waals surface area contributed by atoms with Crippen molar-refractivity contribution in [2.75, 3.05) is 20.3 Å². The highest BCUT2D eigenvalue weighted by Crippen LogP contribution is 2.63. The number of likely N-dealkylation sites (N-methyl/N-ethyl adjacent to an activating group) is 1. The van der Waals surface area contributed by atoms with Gasteiger partial charge < -0.3 is 20.4 Å². The van der Waals surface area contributed by atoms with E-state index in [0.717, 1.165) is 30.3 Å². The van der Waals surface area contributed by atoms with E-state index in [4.69, 9.17) is 21.3 Å². The van der Waals surface area contributed by atoms with Crippen LogP contribution in [0, 0.1) is 29.0 Å². The molecule has 2 amide bonds. The summed E-state index contributed by atoms with van der Waals surface area (Å²) < 4.78 is 20.4. The van der Waals surface area contributed by atoms with E-state index in [1.807, 2.05) is 45.9 Å². The molecule has 0 spiro atoms. The number of halogens is 2. The summed E-state index contributed by atoms with van der Waals surface area (Å²) in [7, 11) is 1.58. The van der Waals surface area contributed by atoms with Crippen LogP contribution in [0.1, 0.15) is 76.8 Å². The first-order valence-electron chi connectivity index (χ1n) is 15.4. The van der Waals surface area contributed by atoms with Gasteiger partial charge in [0.1, 0.15) is 17.7 Å². The Kier molecular flexibility index (Phi) is 8.92. The van der Waals surface area contributed by atoms with Crippen molar-refractivity contribution < 1.29 is 18.7 Å². The van der Waals surface area contributed by atoms with Crippen LogP contribution in [0.15, 0.2) is 36.4 Å². The first-order chi connectivity index (χ1) is 20.4. The number of rotatable bonds is 12. The molecular weight excluding hydrogens is 567 g/mol. The number of hydrogen-bond acceptors (Lipinski definition) is 4. The molecule has 0 radical (unpaired) electrons. The Hall–Kier alpha value is -2.97. The van der Waals surface area contributed by atoms with E-state index in [2.05, 4.69) is 22.5 Å². The lowest BCUT2D eigenvalue weighted by molar-refractivity contribution is -0.137. The van der Waals surface area contributed by atoms with Gasteiger partial charge in [0.2, 0.25) is 11.8 Å². The summed E-state index contributed by atoms with van der Waals surface area (Å²) in [6.07, 6.45) is 3.36. The van der Waals surface area contributed by atoms with Gasteiger partial charge in [-0.1, -0.05) is 44.5 Å². The van der Waals surface area contributed by atoms with Crippen LogP contribution < -0.4 is 10.6 Å². The fraction of sp³-hybridized carbons (Fsp3) is 0.559. The molecule has 4 atom stereocenters. The van der Waals surface area contributed by atoms with Crippen LogP contribution in [-0.4, -0.2) is 48.1 Å². The number of methoxy groups -OCH3 is 1. The molecule has 0 saturated heterocycles. The number of imidazole rings is 1. The molecule has 3 saturated carbocycles. The van der Waals surface area contributed by atoms with Crippen LogP contribution >= 0.6 is 11.6 Å². The molecule has 232 valence electrons. The van der Waals surface area contributed by atoms with Gasteiger partial charge >= 0.3 is 0 Å². The number of aromatic amines is 1. The van der Waals surface area contributed by atoms with E-state index in [0.29, 0.717) is 46.7 Å². The molecule has 3 aliphatic carbocycles. The minimum atomic E-state index is -1.06. The SMILES string of the molecule is CCNC(=O)[C@H](NC(=O)C(C)(COC)c1ccc2[nH]c(CC(c3c(F)cccc3Cl)C(C)C)nc2c1)C12CC(C)C(C1)C2. The standard InChI is InChI=1S/C34H44ClFN4O3/c1-7-37-31(41)30(34-15-20(4)21(16-34)17-34)40-32(42)33(5,18-43-6)22-11-12-26-27(13-22)39-28(38-26)14-23(19(2)3)29-24(35)9-8-10-25(29)36/h8-13,19-21,23,30H,7,14-18H2,1-6H3,(H,37,41)(H,38,39)(H,40,42)/t20?,21?,23?,30-,33?,34?/m0/s1. The van der Waals surface area contributed by atoms with Gasteiger partial charge in [-0.3, -0.25) is 9.59 Å². The number of nitrogens with zero attached hydrogens (tertiary/aromatic N) is 1. The number of carbonyl (C=O) groups excluding carboxylic acids is 2. The molecule has 2 bridgehead atoms. The van der Waals surface area contributed by atoms with Crippen LogP contribution in [0.3, 0.4) is 0 Å². The number of fused-ring (bicyclic) bond motifs is 2. The van der Waals surface area contributed by atoms with E-state index in [9.17, 15) is 14.0 Å². The maximum Gasteiger partial charge on any atom is 0.243 e.